The third kappa shape index (κ3) is 2.72. The van der Waals surface area contributed by atoms with Crippen LogP contribution in [0.15, 0.2) is 30.3 Å². The molecule has 0 aliphatic rings. The Balaban J connectivity index is 3.03. The van der Waals surface area contributed by atoms with E-state index in [0.29, 0.717) is 0 Å². The minimum Gasteiger partial charge on any atom is -0.270 e. The predicted octanol–water partition coefficient (Wildman–Crippen LogP) is 1.31. The highest BCUT2D eigenvalue weighted by Gasteiger charge is 2.19. The first-order valence-electron chi connectivity index (χ1n) is 5.04. The number of guanidine groups is 1. The van der Waals surface area contributed by atoms with Crippen molar-refractivity contribution < 1.29 is 4.58 Å². The molecular weight excluding hydrogens is 186 g/mol. The van der Waals surface area contributed by atoms with Gasteiger partial charge in [0.15, 0.2) is 0 Å². The van der Waals surface area contributed by atoms with Crippen molar-refractivity contribution in [2.24, 2.45) is 0 Å². The van der Waals surface area contributed by atoms with Crippen molar-refractivity contribution in [3.05, 3.63) is 30.3 Å². The van der Waals surface area contributed by atoms with Gasteiger partial charge in [-0.3, -0.25) is 9.48 Å². The molecule has 3 nitrogen and oxygen atoms in total. The van der Waals surface area contributed by atoms with Crippen LogP contribution in [0.1, 0.15) is 0 Å². The third-order valence-electron chi connectivity index (χ3n) is 2.24. The summed E-state index contributed by atoms with van der Waals surface area (Å²) in [6.07, 6.45) is 0. The molecule has 15 heavy (non-hydrogen) atoms. The predicted molar refractivity (Wildman–Crippen MR) is 65.6 cm³/mol. The van der Waals surface area contributed by atoms with Gasteiger partial charge in [0.1, 0.15) is 5.69 Å². The molecule has 0 amide bonds. The van der Waals surface area contributed by atoms with Gasteiger partial charge in [-0.1, -0.05) is 18.2 Å². The van der Waals surface area contributed by atoms with E-state index in [1.54, 1.807) is 0 Å². The van der Waals surface area contributed by atoms with Crippen LogP contribution in [-0.4, -0.2) is 50.7 Å². The summed E-state index contributed by atoms with van der Waals surface area (Å²) in [6, 6.07) is 10.3. The Bertz CT molecular complexity index is 337. The monoisotopic (exact) mass is 206 g/mol. The first kappa shape index (κ1) is 11.6. The lowest BCUT2D eigenvalue weighted by Gasteiger charge is -2.20. The van der Waals surface area contributed by atoms with Gasteiger partial charge in [0.25, 0.3) is 0 Å². The molecule has 0 spiro atoms. The van der Waals surface area contributed by atoms with Crippen LogP contribution in [0.4, 0.5) is 5.69 Å². The van der Waals surface area contributed by atoms with E-state index >= 15 is 0 Å². The minimum absolute atomic E-state index is 1.15. The molecule has 0 radical (unpaired) electrons. The maximum absolute atomic E-state index is 2.17. The molecule has 0 N–H and O–H groups in total. The second-order valence-corrected chi connectivity index (χ2v) is 3.98. The molecule has 0 fully saturated rings. The van der Waals surface area contributed by atoms with Gasteiger partial charge in [0.05, 0.1) is 35.2 Å². The van der Waals surface area contributed by atoms with Gasteiger partial charge in [-0.2, -0.15) is 0 Å². The Morgan fingerprint density at radius 2 is 1.53 bits per heavy atom. The fourth-order valence-electron chi connectivity index (χ4n) is 1.77. The molecule has 1 aromatic rings. The summed E-state index contributed by atoms with van der Waals surface area (Å²) in [6.45, 7) is 0. The zero-order valence-electron chi connectivity index (χ0n) is 10.2. The zero-order valence-corrected chi connectivity index (χ0v) is 10.2. The highest BCUT2D eigenvalue weighted by Crippen LogP contribution is 2.11. The largest absolute Gasteiger partial charge is 0.354 e. The molecule has 1 rings (SSSR count). The van der Waals surface area contributed by atoms with Crippen LogP contribution in [0, 0.1) is 0 Å². The van der Waals surface area contributed by atoms with E-state index in [1.165, 1.54) is 5.69 Å². The Labute approximate surface area is 92.2 Å². The highest BCUT2D eigenvalue weighted by molar-refractivity contribution is 5.91. The molecule has 82 valence electrons. The van der Waals surface area contributed by atoms with E-state index in [-0.39, 0.29) is 0 Å². The average molecular weight is 206 g/mol. The van der Waals surface area contributed by atoms with Gasteiger partial charge in [0.2, 0.25) is 0 Å². The third-order valence-corrected chi connectivity index (χ3v) is 2.24. The lowest BCUT2D eigenvalue weighted by Crippen LogP contribution is -2.43. The van der Waals surface area contributed by atoms with Crippen molar-refractivity contribution >= 4 is 11.6 Å². The van der Waals surface area contributed by atoms with Gasteiger partial charge < -0.3 is 0 Å². The molecule has 3 heteroatoms. The number of hydrogen-bond donors (Lipinski definition) is 0. The molecule has 0 aliphatic heterocycles. The Hall–Kier alpha value is -1.51. The van der Waals surface area contributed by atoms with Gasteiger partial charge in [-0.25, -0.2) is 4.90 Å². The van der Waals surface area contributed by atoms with Crippen molar-refractivity contribution in [1.29, 1.82) is 0 Å². The molecule has 0 bridgehead atoms. The lowest BCUT2D eigenvalue weighted by molar-refractivity contribution is -0.470. The van der Waals surface area contributed by atoms with Gasteiger partial charge in [-0.05, 0) is 12.1 Å². The Kier molecular flexibility index (Phi) is 3.72. The maximum Gasteiger partial charge on any atom is 0.354 e. The van der Waals surface area contributed by atoms with E-state index in [1.807, 2.05) is 6.07 Å². The molecule has 0 unspecified atom stereocenters. The Morgan fingerprint density at radius 3 is 1.93 bits per heavy atom. The van der Waals surface area contributed by atoms with Crippen LogP contribution in [0.5, 0.6) is 0 Å². The maximum atomic E-state index is 2.17. The van der Waals surface area contributed by atoms with Crippen LogP contribution < -0.4 is 4.90 Å². The van der Waals surface area contributed by atoms with E-state index in [0.717, 1.165) is 5.96 Å². The first-order chi connectivity index (χ1) is 7.04. The molecule has 0 aromatic heterocycles. The number of rotatable bonds is 1. The molecule has 1 aromatic carbocycles. The first-order valence-corrected chi connectivity index (χ1v) is 5.04. The summed E-state index contributed by atoms with van der Waals surface area (Å²) in [4.78, 5) is 4.27. The van der Waals surface area contributed by atoms with Crippen LogP contribution in [-0.2, 0) is 0 Å². The van der Waals surface area contributed by atoms with Gasteiger partial charge >= 0.3 is 5.96 Å². The Morgan fingerprint density at radius 1 is 1.00 bits per heavy atom. The average Bonchev–Trinajstić information content (AvgIpc) is 2.18. The summed E-state index contributed by atoms with van der Waals surface area (Å²) >= 11 is 0. The summed E-state index contributed by atoms with van der Waals surface area (Å²) in [5.41, 5.74) is 1.19. The molecule has 0 heterocycles. The molecule has 0 saturated carbocycles. The van der Waals surface area contributed by atoms with E-state index < -0.39 is 0 Å². The van der Waals surface area contributed by atoms with Crippen molar-refractivity contribution in [3.8, 4) is 0 Å². The van der Waals surface area contributed by atoms with Crippen molar-refractivity contribution in [1.82, 2.24) is 4.90 Å². The second kappa shape index (κ2) is 4.82. The number of benzene rings is 1. The van der Waals surface area contributed by atoms with E-state index in [4.69, 9.17) is 0 Å². The molecular formula is C12H20N3+. The van der Waals surface area contributed by atoms with Crippen molar-refractivity contribution in [2.45, 2.75) is 0 Å². The SMILES string of the molecule is CN(C)C(N(C)c1ccccc1)=[N+](C)C. The second-order valence-electron chi connectivity index (χ2n) is 3.98. The molecule has 0 aliphatic carbocycles. The number of hydrogen-bond acceptors (Lipinski definition) is 0. The smallest absolute Gasteiger partial charge is 0.270 e. The van der Waals surface area contributed by atoms with Crippen LogP contribution >= 0.6 is 0 Å². The lowest BCUT2D eigenvalue weighted by atomic mass is 10.3. The van der Waals surface area contributed by atoms with E-state index in [9.17, 15) is 0 Å². The zero-order chi connectivity index (χ0) is 11.4. The van der Waals surface area contributed by atoms with Gasteiger partial charge in [-0.15, -0.1) is 0 Å². The van der Waals surface area contributed by atoms with E-state index in [2.05, 4.69) is 73.9 Å². The minimum atomic E-state index is 1.15. The van der Waals surface area contributed by atoms with Gasteiger partial charge in [0, 0.05) is 0 Å². The van der Waals surface area contributed by atoms with Crippen molar-refractivity contribution in [3.63, 3.8) is 0 Å². The van der Waals surface area contributed by atoms with Crippen LogP contribution in [0.3, 0.4) is 0 Å². The van der Waals surface area contributed by atoms with Crippen LogP contribution in [0.2, 0.25) is 0 Å². The molecule has 0 saturated heterocycles. The summed E-state index contributed by atoms with van der Waals surface area (Å²) in [7, 11) is 10.3. The topological polar surface area (TPSA) is 9.49 Å². The molecule has 0 atom stereocenters. The quantitative estimate of drug-likeness (QED) is 0.389. The summed E-state index contributed by atoms with van der Waals surface area (Å²) in [5.74, 6) is 1.15. The number of nitrogens with zero attached hydrogens (tertiary/aromatic N) is 3. The van der Waals surface area contributed by atoms with Crippen LogP contribution in [0.25, 0.3) is 0 Å². The number of para-hydroxylation sites is 1. The summed E-state index contributed by atoms with van der Waals surface area (Å²) < 4.78 is 2.10. The standard InChI is InChI=1S/C12H20N3/c1-13(2)12(14(3)4)15(5)11-9-7-6-8-10-11/h6-10H,1-5H3/q+1. The number of anilines is 1. The highest BCUT2D eigenvalue weighted by atomic mass is 15.4. The fourth-order valence-corrected chi connectivity index (χ4v) is 1.77. The summed E-state index contributed by atoms with van der Waals surface area (Å²) in [5, 5.41) is 0. The van der Waals surface area contributed by atoms with Crippen molar-refractivity contribution in [2.75, 3.05) is 40.1 Å². The fraction of sp³-hybridized carbons (Fsp3) is 0.417. The normalized spacial score (nSPS) is 9.67.